The summed E-state index contributed by atoms with van der Waals surface area (Å²) in [5.41, 5.74) is 0.194. The van der Waals surface area contributed by atoms with Crippen LogP contribution in [0.3, 0.4) is 0 Å². The number of pyridine rings is 1. The molecule has 0 N–H and O–H groups in total. The number of hydrogen-bond donors (Lipinski definition) is 0. The van der Waals surface area contributed by atoms with Crippen LogP contribution in [0.25, 0.3) is 11.4 Å². The normalized spacial score (nSPS) is 12.2. The minimum atomic E-state index is -4.49. The van der Waals surface area contributed by atoms with E-state index >= 15 is 0 Å². The Kier molecular flexibility index (Phi) is 3.77. The van der Waals surface area contributed by atoms with Crippen LogP contribution in [0.15, 0.2) is 18.2 Å². The molecule has 0 atom stereocenters. The van der Waals surface area contributed by atoms with E-state index in [1.807, 2.05) is 13.8 Å². The number of alkyl halides is 3. The van der Waals surface area contributed by atoms with Gasteiger partial charge in [-0.3, -0.25) is 4.68 Å². The van der Waals surface area contributed by atoms with Gasteiger partial charge in [0.15, 0.2) is 0 Å². The minimum absolute atomic E-state index is 0.0347. The van der Waals surface area contributed by atoms with E-state index in [1.165, 1.54) is 12.1 Å². The molecule has 0 fully saturated rings. The van der Waals surface area contributed by atoms with Crippen LogP contribution in [-0.4, -0.2) is 14.8 Å². The summed E-state index contributed by atoms with van der Waals surface area (Å²) in [5.74, 6) is 0. The monoisotopic (exact) mass is 303 g/mol. The van der Waals surface area contributed by atoms with E-state index in [0.717, 1.165) is 6.07 Å². The number of rotatable bonds is 2. The molecule has 0 unspecified atom stereocenters. The molecule has 0 spiro atoms. The predicted octanol–water partition coefficient (Wildman–Crippen LogP) is 4.51. The van der Waals surface area contributed by atoms with Crippen molar-refractivity contribution in [3.05, 3.63) is 34.6 Å². The fourth-order valence-corrected chi connectivity index (χ4v) is 2.08. The molecule has 0 bridgehead atoms. The summed E-state index contributed by atoms with van der Waals surface area (Å²) in [6.07, 6.45) is -4.49. The maximum absolute atomic E-state index is 12.7. The smallest absolute Gasteiger partial charge is 0.259 e. The number of aryl methyl sites for hydroxylation is 1. The van der Waals surface area contributed by atoms with Gasteiger partial charge in [0.05, 0.1) is 16.4 Å². The summed E-state index contributed by atoms with van der Waals surface area (Å²) >= 11 is 6.15. The summed E-state index contributed by atoms with van der Waals surface area (Å²) in [4.78, 5) is 3.66. The van der Waals surface area contributed by atoms with Crippen molar-refractivity contribution in [1.29, 1.82) is 0 Å². The first-order valence-electron chi connectivity index (χ1n) is 6.01. The zero-order valence-corrected chi connectivity index (χ0v) is 11.9. The van der Waals surface area contributed by atoms with E-state index in [4.69, 9.17) is 11.6 Å². The Morgan fingerprint density at radius 2 is 1.90 bits per heavy atom. The highest BCUT2D eigenvalue weighted by molar-refractivity contribution is 6.33. The molecular weight excluding hydrogens is 291 g/mol. The van der Waals surface area contributed by atoms with Gasteiger partial charge in [-0.05, 0) is 32.9 Å². The van der Waals surface area contributed by atoms with Crippen LogP contribution >= 0.6 is 11.6 Å². The molecule has 0 aromatic carbocycles. The van der Waals surface area contributed by atoms with Crippen molar-refractivity contribution >= 4 is 11.6 Å². The van der Waals surface area contributed by atoms with E-state index in [2.05, 4.69) is 10.1 Å². The molecule has 0 aliphatic carbocycles. The van der Waals surface area contributed by atoms with Crippen molar-refractivity contribution in [2.45, 2.75) is 33.0 Å². The van der Waals surface area contributed by atoms with Crippen molar-refractivity contribution < 1.29 is 13.2 Å². The molecule has 20 heavy (non-hydrogen) atoms. The van der Waals surface area contributed by atoms with Crippen molar-refractivity contribution in [2.24, 2.45) is 0 Å². The van der Waals surface area contributed by atoms with Crippen LogP contribution in [0.2, 0.25) is 5.02 Å². The Morgan fingerprint density at radius 3 is 2.45 bits per heavy atom. The van der Waals surface area contributed by atoms with E-state index < -0.39 is 11.9 Å². The molecule has 0 saturated heterocycles. The molecule has 108 valence electrons. The molecule has 2 aromatic rings. The summed E-state index contributed by atoms with van der Waals surface area (Å²) in [7, 11) is 0. The number of hydrogen-bond acceptors (Lipinski definition) is 2. The molecule has 2 heterocycles. The van der Waals surface area contributed by atoms with Crippen LogP contribution in [-0.2, 0) is 6.18 Å². The minimum Gasteiger partial charge on any atom is -0.259 e. The molecule has 0 amide bonds. The van der Waals surface area contributed by atoms with Crippen molar-refractivity contribution in [1.82, 2.24) is 14.8 Å². The Morgan fingerprint density at radius 1 is 1.25 bits per heavy atom. The fraction of sp³-hybridized carbons (Fsp3) is 0.385. The lowest BCUT2D eigenvalue weighted by molar-refractivity contribution is -0.141. The van der Waals surface area contributed by atoms with Crippen molar-refractivity contribution in [3.8, 4) is 11.4 Å². The highest BCUT2D eigenvalue weighted by Gasteiger charge is 2.33. The van der Waals surface area contributed by atoms with Gasteiger partial charge in [0.1, 0.15) is 11.4 Å². The highest BCUT2D eigenvalue weighted by atomic mass is 35.5. The van der Waals surface area contributed by atoms with Gasteiger partial charge in [0.25, 0.3) is 0 Å². The second-order valence-corrected chi connectivity index (χ2v) is 5.07. The van der Waals surface area contributed by atoms with Crippen molar-refractivity contribution in [2.75, 3.05) is 0 Å². The Labute approximate surface area is 119 Å². The van der Waals surface area contributed by atoms with Crippen LogP contribution in [0.4, 0.5) is 13.2 Å². The summed E-state index contributed by atoms with van der Waals surface area (Å²) < 4.78 is 39.8. The average Bonchev–Trinajstić information content (AvgIpc) is 2.65. The second-order valence-electron chi connectivity index (χ2n) is 4.69. The third-order valence-electron chi connectivity index (χ3n) is 2.78. The molecule has 7 heteroatoms. The zero-order chi connectivity index (χ0) is 15.1. The number of halogens is 4. The van der Waals surface area contributed by atoms with Crippen LogP contribution in [0, 0.1) is 6.92 Å². The van der Waals surface area contributed by atoms with E-state index in [-0.39, 0.29) is 11.7 Å². The first-order chi connectivity index (χ1) is 9.21. The first-order valence-corrected chi connectivity index (χ1v) is 6.39. The Balaban J connectivity index is 2.63. The highest BCUT2D eigenvalue weighted by Crippen LogP contribution is 2.34. The fourth-order valence-electron chi connectivity index (χ4n) is 1.86. The van der Waals surface area contributed by atoms with Gasteiger partial charge >= 0.3 is 6.18 Å². The van der Waals surface area contributed by atoms with Crippen molar-refractivity contribution in [3.63, 3.8) is 0 Å². The standard InChI is InChI=1S/C13H13ClF3N3/c1-7(2)20-12(11(14)8(3)19-20)9-5-4-6-10(18-9)13(15,16)17/h4-7H,1-3H3. The lowest BCUT2D eigenvalue weighted by Crippen LogP contribution is -2.10. The van der Waals surface area contributed by atoms with Gasteiger partial charge in [-0.25, -0.2) is 4.98 Å². The van der Waals surface area contributed by atoms with Gasteiger partial charge in [-0.2, -0.15) is 18.3 Å². The largest absolute Gasteiger partial charge is 0.433 e. The molecule has 3 nitrogen and oxygen atoms in total. The predicted molar refractivity (Wildman–Crippen MR) is 70.6 cm³/mol. The maximum atomic E-state index is 12.7. The molecular formula is C13H13ClF3N3. The second kappa shape index (κ2) is 5.09. The maximum Gasteiger partial charge on any atom is 0.433 e. The molecule has 0 saturated carbocycles. The number of nitrogens with zero attached hydrogens (tertiary/aromatic N) is 3. The topological polar surface area (TPSA) is 30.7 Å². The third-order valence-corrected chi connectivity index (χ3v) is 3.24. The zero-order valence-electron chi connectivity index (χ0n) is 11.2. The summed E-state index contributed by atoms with van der Waals surface area (Å²) in [6.45, 7) is 5.46. The van der Waals surface area contributed by atoms with E-state index in [0.29, 0.717) is 16.4 Å². The summed E-state index contributed by atoms with van der Waals surface area (Å²) in [5, 5.41) is 4.57. The summed E-state index contributed by atoms with van der Waals surface area (Å²) in [6, 6.07) is 3.71. The van der Waals surface area contributed by atoms with Gasteiger partial charge < -0.3 is 0 Å². The van der Waals surface area contributed by atoms with Gasteiger partial charge in [-0.1, -0.05) is 17.7 Å². The third kappa shape index (κ3) is 2.65. The number of aromatic nitrogens is 3. The van der Waals surface area contributed by atoms with E-state index in [1.54, 1.807) is 11.6 Å². The molecule has 0 radical (unpaired) electrons. The van der Waals surface area contributed by atoms with Crippen LogP contribution < -0.4 is 0 Å². The van der Waals surface area contributed by atoms with Crippen LogP contribution in [0.5, 0.6) is 0 Å². The van der Waals surface area contributed by atoms with Gasteiger partial charge in [-0.15, -0.1) is 0 Å². The lowest BCUT2D eigenvalue weighted by atomic mass is 10.2. The Bertz CT molecular complexity index is 632. The average molecular weight is 304 g/mol. The van der Waals surface area contributed by atoms with E-state index in [9.17, 15) is 13.2 Å². The Hall–Kier alpha value is -1.56. The van der Waals surface area contributed by atoms with Gasteiger partial charge in [0.2, 0.25) is 0 Å². The quantitative estimate of drug-likeness (QED) is 0.817. The first kappa shape index (κ1) is 14.8. The molecule has 2 aromatic heterocycles. The van der Waals surface area contributed by atoms with Crippen LogP contribution in [0.1, 0.15) is 31.3 Å². The molecule has 2 rings (SSSR count). The van der Waals surface area contributed by atoms with Gasteiger partial charge in [0, 0.05) is 6.04 Å². The lowest BCUT2D eigenvalue weighted by Gasteiger charge is -2.12. The SMILES string of the molecule is Cc1nn(C(C)C)c(-c2cccc(C(F)(F)F)n2)c1Cl. The molecule has 0 aliphatic heterocycles. The molecule has 0 aliphatic rings.